The number of halogens is 2. The van der Waals surface area contributed by atoms with E-state index < -0.39 is 0 Å². The summed E-state index contributed by atoms with van der Waals surface area (Å²) < 4.78 is 6.65. The predicted molar refractivity (Wildman–Crippen MR) is 88.5 cm³/mol. The molecule has 0 aliphatic heterocycles. The third kappa shape index (κ3) is 3.04. The fourth-order valence-electron chi connectivity index (χ4n) is 1.73. The van der Waals surface area contributed by atoms with E-state index in [1.807, 2.05) is 31.2 Å². The normalized spacial score (nSPS) is 11.0. The number of hydrogen-bond acceptors (Lipinski definition) is 3. The molecule has 0 unspecified atom stereocenters. The van der Waals surface area contributed by atoms with Crippen molar-refractivity contribution in [1.29, 1.82) is 0 Å². The monoisotopic (exact) mass is 397 g/mol. The Bertz CT molecular complexity index is 669. The molecule has 2 aromatic rings. The van der Waals surface area contributed by atoms with Crippen molar-refractivity contribution in [3.63, 3.8) is 0 Å². The number of methoxy groups -OCH3 is 1. The van der Waals surface area contributed by atoms with Gasteiger partial charge in [-0.05, 0) is 56.5 Å². The molecule has 0 spiro atoms. The zero-order chi connectivity index (χ0) is 14.7. The van der Waals surface area contributed by atoms with Crippen LogP contribution < -0.4 is 4.74 Å². The third-order valence-corrected chi connectivity index (χ3v) is 4.87. The van der Waals surface area contributed by atoms with Gasteiger partial charge in [0, 0.05) is 15.2 Å². The van der Waals surface area contributed by atoms with E-state index in [0.29, 0.717) is 11.3 Å². The van der Waals surface area contributed by atoms with Crippen LogP contribution in [0.15, 0.2) is 44.3 Å². The highest BCUT2D eigenvalue weighted by Crippen LogP contribution is 2.39. The fraction of sp³-hybridized carbons (Fsp3) is 0.133. The Morgan fingerprint density at radius 1 is 1.25 bits per heavy atom. The molecule has 104 valence electrons. The Hall–Kier alpha value is -1.33. The standard InChI is InChI=1S/C15H13Br2NO2/c1-9-5-3-4-6-12(9)18-8-10-14(17)11(16)7-13(20-2)15(10)19/h3-8,19H,1-2H3. The number of phenolic OH excluding ortho intramolecular Hbond substituents is 1. The van der Waals surface area contributed by atoms with Crippen LogP contribution in [-0.4, -0.2) is 18.4 Å². The average molecular weight is 399 g/mol. The predicted octanol–water partition coefficient (Wildman–Crippen LogP) is 4.98. The molecule has 0 amide bonds. The Labute approximate surface area is 134 Å². The van der Waals surface area contributed by atoms with E-state index in [1.165, 1.54) is 7.11 Å². The lowest BCUT2D eigenvalue weighted by Crippen LogP contribution is -1.92. The summed E-state index contributed by atoms with van der Waals surface area (Å²) in [7, 11) is 1.51. The fourth-order valence-corrected chi connectivity index (χ4v) is 2.55. The molecule has 0 saturated carbocycles. The minimum Gasteiger partial charge on any atom is -0.504 e. The number of benzene rings is 2. The van der Waals surface area contributed by atoms with Gasteiger partial charge in [0.15, 0.2) is 11.5 Å². The lowest BCUT2D eigenvalue weighted by molar-refractivity contribution is 0.372. The zero-order valence-electron chi connectivity index (χ0n) is 11.0. The van der Waals surface area contributed by atoms with Crippen molar-refractivity contribution in [3.8, 4) is 11.5 Å². The van der Waals surface area contributed by atoms with Gasteiger partial charge in [-0.3, -0.25) is 4.99 Å². The molecule has 20 heavy (non-hydrogen) atoms. The molecular formula is C15H13Br2NO2. The first-order valence-corrected chi connectivity index (χ1v) is 7.48. The molecule has 2 aromatic carbocycles. The van der Waals surface area contributed by atoms with Crippen LogP contribution in [0.3, 0.4) is 0 Å². The van der Waals surface area contributed by atoms with Crippen LogP contribution in [0.4, 0.5) is 5.69 Å². The van der Waals surface area contributed by atoms with E-state index in [2.05, 4.69) is 36.9 Å². The molecule has 0 atom stereocenters. The first-order chi connectivity index (χ1) is 9.54. The number of phenols is 1. The molecule has 0 aliphatic carbocycles. The van der Waals surface area contributed by atoms with Gasteiger partial charge in [0.25, 0.3) is 0 Å². The highest BCUT2D eigenvalue weighted by molar-refractivity contribution is 9.13. The molecular weight excluding hydrogens is 386 g/mol. The topological polar surface area (TPSA) is 41.8 Å². The Balaban J connectivity index is 2.49. The van der Waals surface area contributed by atoms with Crippen molar-refractivity contribution in [1.82, 2.24) is 0 Å². The van der Waals surface area contributed by atoms with Gasteiger partial charge in [-0.1, -0.05) is 18.2 Å². The van der Waals surface area contributed by atoms with Gasteiger partial charge in [-0.2, -0.15) is 0 Å². The average Bonchev–Trinajstić information content (AvgIpc) is 2.44. The van der Waals surface area contributed by atoms with Gasteiger partial charge in [0.1, 0.15) is 0 Å². The van der Waals surface area contributed by atoms with Crippen molar-refractivity contribution in [2.45, 2.75) is 6.92 Å². The molecule has 1 N–H and O–H groups in total. The Morgan fingerprint density at radius 3 is 2.60 bits per heavy atom. The number of para-hydroxylation sites is 1. The molecule has 2 rings (SSSR count). The maximum atomic E-state index is 10.2. The maximum absolute atomic E-state index is 10.2. The van der Waals surface area contributed by atoms with Crippen LogP contribution in [0, 0.1) is 6.92 Å². The van der Waals surface area contributed by atoms with Crippen LogP contribution in [-0.2, 0) is 0 Å². The first-order valence-electron chi connectivity index (χ1n) is 5.89. The third-order valence-electron chi connectivity index (χ3n) is 2.86. The summed E-state index contributed by atoms with van der Waals surface area (Å²) >= 11 is 6.85. The highest BCUT2D eigenvalue weighted by atomic mass is 79.9. The molecule has 0 radical (unpaired) electrons. The second-order valence-electron chi connectivity index (χ2n) is 4.18. The van der Waals surface area contributed by atoms with Crippen molar-refractivity contribution in [3.05, 3.63) is 50.4 Å². The van der Waals surface area contributed by atoms with Crippen molar-refractivity contribution in [2.75, 3.05) is 7.11 Å². The van der Waals surface area contributed by atoms with E-state index in [0.717, 1.165) is 20.2 Å². The summed E-state index contributed by atoms with van der Waals surface area (Å²) in [6, 6.07) is 9.50. The largest absolute Gasteiger partial charge is 0.504 e. The van der Waals surface area contributed by atoms with Crippen molar-refractivity contribution < 1.29 is 9.84 Å². The van der Waals surface area contributed by atoms with Crippen molar-refractivity contribution >= 4 is 43.8 Å². The number of ether oxygens (including phenoxy) is 1. The summed E-state index contributed by atoms with van der Waals surface area (Å²) in [6.07, 6.45) is 1.62. The molecule has 0 aliphatic rings. The lowest BCUT2D eigenvalue weighted by Gasteiger charge is -2.10. The Morgan fingerprint density at radius 2 is 1.95 bits per heavy atom. The molecule has 5 heteroatoms. The van der Waals surface area contributed by atoms with Crippen LogP contribution in [0.2, 0.25) is 0 Å². The summed E-state index contributed by atoms with van der Waals surface area (Å²) in [5.74, 6) is 0.450. The van der Waals surface area contributed by atoms with Gasteiger partial charge in [-0.15, -0.1) is 0 Å². The van der Waals surface area contributed by atoms with Gasteiger partial charge in [0.2, 0.25) is 0 Å². The first kappa shape index (κ1) is 15.1. The van der Waals surface area contributed by atoms with Crippen LogP contribution in [0.25, 0.3) is 0 Å². The van der Waals surface area contributed by atoms with Gasteiger partial charge >= 0.3 is 0 Å². The lowest BCUT2D eigenvalue weighted by atomic mass is 10.2. The van der Waals surface area contributed by atoms with Crippen LogP contribution >= 0.6 is 31.9 Å². The number of rotatable bonds is 3. The highest BCUT2D eigenvalue weighted by Gasteiger charge is 2.14. The smallest absolute Gasteiger partial charge is 0.167 e. The molecule has 0 bridgehead atoms. The van der Waals surface area contributed by atoms with E-state index in [-0.39, 0.29) is 5.75 Å². The Kier molecular flexibility index (Phi) is 4.83. The molecule has 0 saturated heterocycles. The van der Waals surface area contributed by atoms with E-state index in [1.54, 1.807) is 12.3 Å². The second kappa shape index (κ2) is 6.41. The maximum Gasteiger partial charge on any atom is 0.167 e. The van der Waals surface area contributed by atoms with E-state index in [4.69, 9.17) is 4.74 Å². The zero-order valence-corrected chi connectivity index (χ0v) is 14.2. The molecule has 3 nitrogen and oxygen atoms in total. The summed E-state index contributed by atoms with van der Waals surface area (Å²) in [5, 5.41) is 10.2. The van der Waals surface area contributed by atoms with Crippen LogP contribution in [0.1, 0.15) is 11.1 Å². The summed E-state index contributed by atoms with van der Waals surface area (Å²) in [5.41, 5.74) is 2.50. The van der Waals surface area contributed by atoms with E-state index in [9.17, 15) is 5.11 Å². The molecule has 0 heterocycles. The van der Waals surface area contributed by atoms with Crippen molar-refractivity contribution in [2.24, 2.45) is 4.99 Å². The van der Waals surface area contributed by atoms with Crippen LogP contribution in [0.5, 0.6) is 11.5 Å². The number of aryl methyl sites for hydroxylation is 1. The number of aromatic hydroxyl groups is 1. The minimum absolute atomic E-state index is 0.0555. The van der Waals surface area contributed by atoms with E-state index >= 15 is 0 Å². The summed E-state index contributed by atoms with van der Waals surface area (Å²) in [4.78, 5) is 4.42. The minimum atomic E-state index is 0.0555. The SMILES string of the molecule is COc1cc(Br)c(Br)c(C=Nc2ccccc2C)c1O. The molecule has 0 aromatic heterocycles. The van der Waals surface area contributed by atoms with Gasteiger partial charge in [0.05, 0.1) is 18.4 Å². The quantitative estimate of drug-likeness (QED) is 0.740. The van der Waals surface area contributed by atoms with Gasteiger partial charge < -0.3 is 9.84 Å². The van der Waals surface area contributed by atoms with Gasteiger partial charge in [-0.25, -0.2) is 0 Å². The number of nitrogens with zero attached hydrogens (tertiary/aromatic N) is 1. The summed E-state index contributed by atoms with van der Waals surface area (Å²) in [6.45, 7) is 1.99. The number of aliphatic imine (C=N–C) groups is 1. The number of hydrogen-bond donors (Lipinski definition) is 1. The second-order valence-corrected chi connectivity index (χ2v) is 5.83. The molecule has 0 fully saturated rings.